The number of amides is 1. The highest BCUT2D eigenvalue weighted by atomic mass is 35.5. The molecule has 6 heteroatoms. The number of nitrogens with zero attached hydrogens (tertiary/aromatic N) is 2. The first kappa shape index (κ1) is 18.1. The van der Waals surface area contributed by atoms with Crippen LogP contribution in [0.4, 0.5) is 0 Å². The molecule has 0 unspecified atom stereocenters. The molecule has 0 aliphatic carbocycles. The lowest BCUT2D eigenvalue weighted by molar-refractivity contribution is 0.0945. The predicted molar refractivity (Wildman–Crippen MR) is 101 cm³/mol. The molecule has 26 heavy (non-hydrogen) atoms. The van der Waals surface area contributed by atoms with Gasteiger partial charge in [-0.15, -0.1) is 0 Å². The van der Waals surface area contributed by atoms with E-state index in [1.807, 2.05) is 24.3 Å². The number of rotatable bonds is 5. The fraction of sp³-hybridized carbons (Fsp3) is 0.250. The predicted octanol–water partition coefficient (Wildman–Crippen LogP) is 4.41. The number of nitrogens with one attached hydrogen (secondary N) is 1. The molecule has 0 radical (unpaired) electrons. The van der Waals surface area contributed by atoms with Crippen LogP contribution in [0.5, 0.6) is 0 Å². The van der Waals surface area contributed by atoms with E-state index in [1.165, 1.54) is 0 Å². The molecule has 3 rings (SSSR count). The van der Waals surface area contributed by atoms with Crippen molar-refractivity contribution in [1.29, 1.82) is 0 Å². The Balaban J connectivity index is 1.66. The van der Waals surface area contributed by atoms with Crippen molar-refractivity contribution in [3.8, 4) is 11.5 Å². The van der Waals surface area contributed by atoms with E-state index in [-0.39, 0.29) is 11.3 Å². The van der Waals surface area contributed by atoms with Gasteiger partial charge in [-0.2, -0.15) is 4.98 Å². The summed E-state index contributed by atoms with van der Waals surface area (Å²) in [6.45, 7) is 6.40. The minimum Gasteiger partial charge on any atom is -0.351 e. The summed E-state index contributed by atoms with van der Waals surface area (Å²) in [5, 5.41) is 7.44. The quantitative estimate of drug-likeness (QED) is 0.723. The molecule has 0 spiro atoms. The zero-order chi connectivity index (χ0) is 18.7. The summed E-state index contributed by atoms with van der Waals surface area (Å²) in [5.74, 6) is 0.884. The molecule has 1 amide bonds. The summed E-state index contributed by atoms with van der Waals surface area (Å²) < 4.78 is 5.13. The van der Waals surface area contributed by atoms with E-state index in [0.717, 1.165) is 11.1 Å². The van der Waals surface area contributed by atoms with Gasteiger partial charge in [-0.3, -0.25) is 4.79 Å². The number of hydrogen-bond acceptors (Lipinski definition) is 4. The van der Waals surface area contributed by atoms with Gasteiger partial charge in [0.1, 0.15) is 0 Å². The Morgan fingerprint density at radius 3 is 2.54 bits per heavy atom. The minimum atomic E-state index is -0.234. The lowest BCUT2D eigenvalue weighted by atomic mass is 9.84. The van der Waals surface area contributed by atoms with Gasteiger partial charge in [0, 0.05) is 28.1 Å². The van der Waals surface area contributed by atoms with Gasteiger partial charge in [-0.05, 0) is 48.9 Å². The molecule has 134 valence electrons. The lowest BCUT2D eigenvalue weighted by Crippen LogP contribution is -2.36. The van der Waals surface area contributed by atoms with Crippen LogP contribution in [0.15, 0.2) is 53.1 Å². The molecule has 0 saturated heterocycles. The Kier molecular flexibility index (Phi) is 5.09. The Labute approximate surface area is 157 Å². The van der Waals surface area contributed by atoms with Crippen molar-refractivity contribution >= 4 is 17.5 Å². The van der Waals surface area contributed by atoms with Crippen LogP contribution in [0, 0.1) is 6.92 Å². The molecule has 0 atom stereocenters. The maximum atomic E-state index is 12.5. The summed E-state index contributed by atoms with van der Waals surface area (Å²) >= 11 is 6.07. The third kappa shape index (κ3) is 4.11. The van der Waals surface area contributed by atoms with Crippen LogP contribution in [-0.2, 0) is 5.41 Å². The zero-order valence-electron chi connectivity index (χ0n) is 14.9. The van der Waals surface area contributed by atoms with Gasteiger partial charge in [-0.25, -0.2) is 0 Å². The standard InChI is InChI=1S/C20H20ClN3O2/c1-13-23-19(26-24-13)15-9-7-14(8-10-15)18(25)22-12-20(2,3)16-5-4-6-17(21)11-16/h4-11H,12H2,1-3H3,(H,22,25). The number of carbonyl (C=O) groups excluding carboxylic acids is 1. The fourth-order valence-electron chi connectivity index (χ4n) is 2.59. The normalized spacial score (nSPS) is 11.4. The van der Waals surface area contributed by atoms with Gasteiger partial charge in [0.2, 0.25) is 0 Å². The number of halogens is 1. The van der Waals surface area contributed by atoms with Crippen LogP contribution in [0.2, 0.25) is 5.02 Å². The van der Waals surface area contributed by atoms with Crippen molar-refractivity contribution < 1.29 is 9.32 Å². The third-order valence-electron chi connectivity index (χ3n) is 4.22. The third-order valence-corrected chi connectivity index (χ3v) is 4.45. The first-order valence-corrected chi connectivity index (χ1v) is 8.68. The van der Waals surface area contributed by atoms with E-state index in [9.17, 15) is 4.79 Å². The average molecular weight is 370 g/mol. The van der Waals surface area contributed by atoms with E-state index in [2.05, 4.69) is 29.3 Å². The number of benzene rings is 2. The Bertz CT molecular complexity index is 917. The first-order chi connectivity index (χ1) is 12.3. The molecule has 5 nitrogen and oxygen atoms in total. The lowest BCUT2D eigenvalue weighted by Gasteiger charge is -2.26. The van der Waals surface area contributed by atoms with Crippen LogP contribution in [0.25, 0.3) is 11.5 Å². The van der Waals surface area contributed by atoms with Crippen LogP contribution in [0.3, 0.4) is 0 Å². The largest absolute Gasteiger partial charge is 0.351 e. The second-order valence-electron chi connectivity index (χ2n) is 6.80. The SMILES string of the molecule is Cc1noc(-c2ccc(C(=O)NCC(C)(C)c3cccc(Cl)c3)cc2)n1. The second kappa shape index (κ2) is 7.30. The molecular formula is C20H20ClN3O2. The Hall–Kier alpha value is -2.66. The van der Waals surface area contributed by atoms with Crippen LogP contribution >= 0.6 is 11.6 Å². The second-order valence-corrected chi connectivity index (χ2v) is 7.24. The summed E-state index contributed by atoms with van der Waals surface area (Å²) in [4.78, 5) is 16.6. The highest BCUT2D eigenvalue weighted by Crippen LogP contribution is 2.25. The van der Waals surface area contributed by atoms with Gasteiger partial charge in [0.05, 0.1) is 0 Å². The van der Waals surface area contributed by atoms with Crippen molar-refractivity contribution in [2.24, 2.45) is 0 Å². The van der Waals surface area contributed by atoms with E-state index >= 15 is 0 Å². The topological polar surface area (TPSA) is 68.0 Å². The number of aromatic nitrogens is 2. The van der Waals surface area contributed by atoms with Crippen LogP contribution < -0.4 is 5.32 Å². The van der Waals surface area contributed by atoms with Crippen molar-refractivity contribution in [3.63, 3.8) is 0 Å². The molecule has 0 fully saturated rings. The van der Waals surface area contributed by atoms with Gasteiger partial charge in [0.25, 0.3) is 11.8 Å². The van der Waals surface area contributed by atoms with E-state index in [0.29, 0.717) is 28.8 Å². The molecule has 0 aliphatic rings. The maximum Gasteiger partial charge on any atom is 0.257 e. The van der Waals surface area contributed by atoms with Gasteiger partial charge in [-0.1, -0.05) is 42.7 Å². The van der Waals surface area contributed by atoms with Gasteiger partial charge in [0.15, 0.2) is 5.82 Å². The molecule has 1 aromatic heterocycles. The molecule has 2 aromatic carbocycles. The average Bonchev–Trinajstić information content (AvgIpc) is 3.06. The van der Waals surface area contributed by atoms with Crippen LogP contribution in [-0.4, -0.2) is 22.6 Å². The van der Waals surface area contributed by atoms with Crippen LogP contribution in [0.1, 0.15) is 35.6 Å². The van der Waals surface area contributed by atoms with Gasteiger partial charge >= 0.3 is 0 Å². The number of aryl methyl sites for hydroxylation is 1. The summed E-state index contributed by atoms with van der Waals surface area (Å²) in [5.41, 5.74) is 2.20. The summed E-state index contributed by atoms with van der Waals surface area (Å²) in [6, 6.07) is 14.8. The summed E-state index contributed by atoms with van der Waals surface area (Å²) in [6.07, 6.45) is 0. The maximum absolute atomic E-state index is 12.5. The van der Waals surface area contributed by atoms with E-state index in [4.69, 9.17) is 16.1 Å². The first-order valence-electron chi connectivity index (χ1n) is 8.30. The molecular weight excluding hydrogens is 350 g/mol. The highest BCUT2D eigenvalue weighted by Gasteiger charge is 2.22. The van der Waals surface area contributed by atoms with Crippen molar-refractivity contribution in [1.82, 2.24) is 15.5 Å². The minimum absolute atomic E-state index is 0.131. The van der Waals surface area contributed by atoms with Crippen molar-refractivity contribution in [3.05, 3.63) is 70.5 Å². The number of carbonyl (C=O) groups is 1. The smallest absolute Gasteiger partial charge is 0.257 e. The number of hydrogen-bond donors (Lipinski definition) is 1. The molecule has 0 saturated carbocycles. The summed E-state index contributed by atoms with van der Waals surface area (Å²) in [7, 11) is 0. The molecule has 3 aromatic rings. The Morgan fingerprint density at radius 1 is 1.19 bits per heavy atom. The van der Waals surface area contributed by atoms with Crippen molar-refractivity contribution in [2.45, 2.75) is 26.2 Å². The fourth-order valence-corrected chi connectivity index (χ4v) is 2.78. The van der Waals surface area contributed by atoms with E-state index in [1.54, 1.807) is 31.2 Å². The molecule has 1 heterocycles. The molecule has 0 bridgehead atoms. The van der Waals surface area contributed by atoms with E-state index < -0.39 is 0 Å². The monoisotopic (exact) mass is 369 g/mol. The van der Waals surface area contributed by atoms with Crippen molar-refractivity contribution in [2.75, 3.05) is 6.54 Å². The molecule has 0 aliphatic heterocycles. The Morgan fingerprint density at radius 2 is 1.92 bits per heavy atom. The van der Waals surface area contributed by atoms with Gasteiger partial charge < -0.3 is 9.84 Å². The zero-order valence-corrected chi connectivity index (χ0v) is 15.7. The molecule has 1 N–H and O–H groups in total. The highest BCUT2D eigenvalue weighted by molar-refractivity contribution is 6.30.